The molecule has 591 valence electrons. The molecule has 21 rings (SSSR count). The van der Waals surface area contributed by atoms with Gasteiger partial charge in [-0.15, -0.1) is 167 Å². The van der Waals surface area contributed by atoms with Gasteiger partial charge in [-0.05, 0) is 149 Å². The molecule has 9 nitrogen and oxygen atoms in total. The number of furan rings is 3. The zero-order chi connectivity index (χ0) is 79.8. The monoisotopic (exact) mass is 2090 g/mol. The van der Waals surface area contributed by atoms with Gasteiger partial charge in [0.05, 0.1) is 16.7 Å². The molecule has 120 heavy (non-hydrogen) atoms. The van der Waals surface area contributed by atoms with E-state index in [1.54, 1.807) is 0 Å². The molecule has 0 bridgehead atoms. The Balaban J connectivity index is 0.000000124. The van der Waals surface area contributed by atoms with Gasteiger partial charge in [-0.1, -0.05) is 228 Å². The second-order valence-corrected chi connectivity index (χ2v) is 28.4. The molecule has 0 aliphatic rings. The normalized spacial score (nSPS) is 10.6. The molecule has 0 aliphatic heterocycles. The summed E-state index contributed by atoms with van der Waals surface area (Å²) < 4.78 is 17.7. The first-order valence-corrected chi connectivity index (χ1v) is 38.7. The van der Waals surface area contributed by atoms with Crippen LogP contribution in [0.5, 0.6) is 0 Å². The number of nitrogens with zero attached hydrogens (tertiary/aromatic N) is 6. The van der Waals surface area contributed by atoms with Gasteiger partial charge < -0.3 is 43.2 Å². The van der Waals surface area contributed by atoms with E-state index in [2.05, 4.69) is 184 Å². The molecular weight excluding hydrogens is 2010 g/mol. The first kappa shape index (κ1) is 84.8. The standard InChI is InChI=1S/3C18H12NO.3C18H14N.3Ir/c1-12-9-10-16(19-11-12)15-7-4-6-14-13-5-2-3-8-17(13)20-18(14)15;1-12-6-9-16(19-11-12)13-7-8-15-14-4-2-3-5-17(14)20-18(15)10-13;1-12-6-8-16(19-11-12)13-7-9-18-15(10-13)14-4-2-3-5-17(14)20-18;3*1-14-12-18(16-10-6-3-7-11-16)19-13-17(14)15-8-4-2-5-9-15;;;/h3*2-6,8-11H,1H3;3*2-10,12-13H,1H3;;;/q6*-1;;;. The minimum absolute atomic E-state index is 0. The van der Waals surface area contributed by atoms with Crippen molar-refractivity contribution in [3.05, 3.63) is 435 Å². The van der Waals surface area contributed by atoms with E-state index in [9.17, 15) is 0 Å². The number of aromatic nitrogens is 6. The number of hydrogen-bond acceptors (Lipinski definition) is 9. The fourth-order valence-corrected chi connectivity index (χ4v) is 13.9. The second-order valence-electron chi connectivity index (χ2n) is 28.4. The van der Waals surface area contributed by atoms with Crippen molar-refractivity contribution in [2.24, 2.45) is 0 Å². The summed E-state index contributed by atoms with van der Waals surface area (Å²) in [6, 6.07) is 129. The summed E-state index contributed by atoms with van der Waals surface area (Å²) in [4.78, 5) is 27.0. The van der Waals surface area contributed by atoms with Crippen LogP contribution in [0.3, 0.4) is 0 Å². The van der Waals surface area contributed by atoms with E-state index in [0.29, 0.717) is 0 Å². The van der Waals surface area contributed by atoms with Crippen molar-refractivity contribution in [1.82, 2.24) is 29.9 Å². The van der Waals surface area contributed by atoms with Crippen molar-refractivity contribution < 1.29 is 73.6 Å². The summed E-state index contributed by atoms with van der Waals surface area (Å²) in [5.74, 6) is 0. The van der Waals surface area contributed by atoms with Crippen LogP contribution in [0.1, 0.15) is 33.4 Å². The fourth-order valence-electron chi connectivity index (χ4n) is 13.9. The van der Waals surface area contributed by atoms with Gasteiger partial charge in [0, 0.05) is 125 Å². The Labute approximate surface area is 740 Å². The molecule has 0 atom stereocenters. The van der Waals surface area contributed by atoms with Crippen LogP contribution in [0.25, 0.3) is 167 Å². The van der Waals surface area contributed by atoms with Gasteiger partial charge in [-0.2, -0.15) is 0 Å². The minimum Gasteiger partial charge on any atom is -0.501 e. The smallest absolute Gasteiger partial charge is 0.123 e. The van der Waals surface area contributed by atoms with Crippen LogP contribution in [0.15, 0.2) is 378 Å². The van der Waals surface area contributed by atoms with E-state index in [1.807, 2.05) is 288 Å². The average Bonchev–Trinajstić information content (AvgIpc) is 1.64. The van der Waals surface area contributed by atoms with Crippen LogP contribution in [0, 0.1) is 77.9 Å². The third-order valence-corrected chi connectivity index (χ3v) is 20.0. The second kappa shape index (κ2) is 40.4. The van der Waals surface area contributed by atoms with Crippen molar-refractivity contribution in [2.75, 3.05) is 0 Å². The molecule has 9 aromatic heterocycles. The molecule has 0 saturated carbocycles. The van der Waals surface area contributed by atoms with E-state index in [1.165, 1.54) is 50.1 Å². The fraction of sp³-hybridized carbons (Fsp3) is 0.0556. The molecule has 12 heteroatoms. The molecule has 0 amide bonds. The van der Waals surface area contributed by atoms with Crippen LogP contribution in [-0.2, 0) is 60.3 Å². The van der Waals surface area contributed by atoms with Crippen molar-refractivity contribution in [3.63, 3.8) is 0 Å². The third-order valence-electron chi connectivity index (χ3n) is 20.0. The average molecular weight is 2080 g/mol. The molecule has 9 heterocycles. The molecule has 21 aromatic rings. The van der Waals surface area contributed by atoms with Crippen LogP contribution >= 0.6 is 0 Å². The van der Waals surface area contributed by atoms with Crippen molar-refractivity contribution in [2.45, 2.75) is 41.5 Å². The third kappa shape index (κ3) is 20.2. The number of rotatable bonds is 9. The summed E-state index contributed by atoms with van der Waals surface area (Å²) in [5, 5.41) is 6.70. The van der Waals surface area contributed by atoms with Gasteiger partial charge in [0.2, 0.25) is 0 Å². The number of para-hydroxylation sites is 3. The van der Waals surface area contributed by atoms with Crippen LogP contribution in [0.2, 0.25) is 0 Å². The van der Waals surface area contributed by atoms with Crippen molar-refractivity contribution in [3.8, 4) is 101 Å². The number of benzene rings is 12. The van der Waals surface area contributed by atoms with Crippen LogP contribution in [0.4, 0.5) is 0 Å². The molecular formula is C108H78Ir3N6O3-6. The van der Waals surface area contributed by atoms with Gasteiger partial charge in [-0.25, -0.2) is 0 Å². The molecule has 0 N–H and O–H groups in total. The molecule has 12 aromatic carbocycles. The maximum Gasteiger partial charge on any atom is 0.123 e. The molecule has 0 unspecified atom stereocenters. The predicted molar refractivity (Wildman–Crippen MR) is 478 cm³/mol. The summed E-state index contributed by atoms with van der Waals surface area (Å²) in [5.41, 5.74) is 31.2. The van der Waals surface area contributed by atoms with E-state index in [0.717, 1.165) is 150 Å². The van der Waals surface area contributed by atoms with Gasteiger partial charge >= 0.3 is 0 Å². The maximum absolute atomic E-state index is 6.00. The molecule has 3 radical (unpaired) electrons. The summed E-state index contributed by atoms with van der Waals surface area (Å²) in [6.07, 6.45) is 11.4. The Morgan fingerprint density at radius 2 is 0.583 bits per heavy atom. The van der Waals surface area contributed by atoms with Crippen LogP contribution in [-0.4, -0.2) is 29.9 Å². The molecule has 0 fully saturated rings. The van der Waals surface area contributed by atoms with Gasteiger partial charge in [0.15, 0.2) is 0 Å². The number of aryl methyl sites for hydroxylation is 6. The topological polar surface area (TPSA) is 117 Å². The zero-order valence-corrected chi connectivity index (χ0v) is 73.7. The summed E-state index contributed by atoms with van der Waals surface area (Å²) in [7, 11) is 0. The Bertz CT molecular complexity index is 6600. The Hall–Kier alpha value is -13.1. The Morgan fingerprint density at radius 1 is 0.225 bits per heavy atom. The SMILES string of the molecule is Cc1cc(-c2[c-]cccc2)ncc1-c1ccccc1.Cc1cc(-c2[c-]cccc2)ncc1-c1ccccc1.Cc1cc(-c2[c-]cccc2)ncc1-c1ccccc1.Cc1ccc(-c2[c-]cc3c(c2)oc2ccccc23)nc1.Cc1ccc(-c2[c-]cc3oc4ccccc4c3c2)nc1.Cc1ccc(-c2[c-]ccc3c2oc2ccccc23)nc1.[Ir].[Ir].[Ir]. The maximum atomic E-state index is 6.00. The summed E-state index contributed by atoms with van der Waals surface area (Å²) in [6.45, 7) is 12.5. The minimum atomic E-state index is 0. The first-order chi connectivity index (χ1) is 57.5. The molecule has 0 aliphatic carbocycles. The van der Waals surface area contributed by atoms with Crippen molar-refractivity contribution >= 4 is 65.8 Å². The largest absolute Gasteiger partial charge is 0.501 e. The quantitative estimate of drug-likeness (QED) is 0.130. The van der Waals surface area contributed by atoms with Crippen LogP contribution < -0.4 is 0 Å². The zero-order valence-electron chi connectivity index (χ0n) is 66.5. The molecule has 0 spiro atoms. The van der Waals surface area contributed by atoms with E-state index < -0.39 is 0 Å². The number of fused-ring (bicyclic) bond motifs is 9. The van der Waals surface area contributed by atoms with E-state index >= 15 is 0 Å². The van der Waals surface area contributed by atoms with Gasteiger partial charge in [0.25, 0.3) is 0 Å². The van der Waals surface area contributed by atoms with Crippen molar-refractivity contribution in [1.29, 1.82) is 0 Å². The van der Waals surface area contributed by atoms with Gasteiger partial charge in [0.1, 0.15) is 16.7 Å². The molecule has 0 saturated heterocycles. The summed E-state index contributed by atoms with van der Waals surface area (Å²) >= 11 is 0. The number of pyridine rings is 6. The number of hydrogen-bond donors (Lipinski definition) is 0. The predicted octanol–water partition coefficient (Wildman–Crippen LogP) is 27.8. The first-order valence-electron chi connectivity index (χ1n) is 38.7. The van der Waals surface area contributed by atoms with E-state index in [4.69, 9.17) is 13.3 Å². The van der Waals surface area contributed by atoms with E-state index in [-0.39, 0.29) is 60.3 Å². The van der Waals surface area contributed by atoms with Gasteiger partial charge in [-0.3, -0.25) is 0 Å². The Morgan fingerprint density at radius 3 is 0.992 bits per heavy atom. The Kier molecular flexibility index (Phi) is 28.5.